The molecule has 0 radical (unpaired) electrons. The number of nitrogens with one attached hydrogen (secondary N) is 1. The molecule has 1 aromatic carbocycles. The van der Waals surface area contributed by atoms with Crippen LogP contribution in [0.5, 0.6) is 0 Å². The molecule has 1 amide bonds. The molecule has 1 fully saturated rings. The van der Waals surface area contributed by atoms with E-state index in [0.29, 0.717) is 30.0 Å². The monoisotopic (exact) mass is 379 g/mol. The maximum atomic E-state index is 12.5. The largest absolute Gasteiger partial charge is 0.375 e. The van der Waals surface area contributed by atoms with Crippen LogP contribution in [-0.4, -0.2) is 16.8 Å². The third kappa shape index (κ3) is 2.64. The van der Waals surface area contributed by atoms with E-state index >= 15 is 0 Å². The average Bonchev–Trinajstić information content (AvgIpc) is 2.71. The molecule has 0 saturated heterocycles. The summed E-state index contributed by atoms with van der Waals surface area (Å²) < 4.78 is 0.779. The number of hydrogen-bond acceptors (Lipinski definition) is 3. The number of rotatable bonds is 1. The van der Waals surface area contributed by atoms with Crippen molar-refractivity contribution < 1.29 is 14.7 Å². The number of hydrogen-bond donors (Lipinski definition) is 2. The van der Waals surface area contributed by atoms with E-state index in [4.69, 9.17) is 0 Å². The fourth-order valence-electron chi connectivity index (χ4n) is 3.84. The lowest BCUT2D eigenvalue weighted by Crippen LogP contribution is -2.49. The molecule has 2 N–H and O–H groups in total. The van der Waals surface area contributed by atoms with Crippen molar-refractivity contribution in [3.63, 3.8) is 0 Å². The van der Waals surface area contributed by atoms with Gasteiger partial charge in [-0.25, -0.2) is 0 Å². The molecular formula is C18H22BrNO3. The molecule has 1 aliphatic carbocycles. The molecule has 0 spiro atoms. The number of Topliss-reactive ketones (excluding diaryl/α,β-unsaturated/α-hetero) is 1. The third-order valence-electron chi connectivity index (χ3n) is 5.36. The van der Waals surface area contributed by atoms with Crippen LogP contribution < -0.4 is 5.32 Å². The summed E-state index contributed by atoms with van der Waals surface area (Å²) >= 11 is 3.38. The maximum Gasteiger partial charge on any atom is 0.261 e. The van der Waals surface area contributed by atoms with Crippen LogP contribution in [0.3, 0.4) is 0 Å². The molecule has 0 aromatic heterocycles. The molecule has 5 heteroatoms. The van der Waals surface area contributed by atoms with E-state index in [1.807, 2.05) is 6.07 Å². The molecule has 1 aromatic rings. The summed E-state index contributed by atoms with van der Waals surface area (Å²) in [7, 11) is 0. The van der Waals surface area contributed by atoms with Gasteiger partial charge >= 0.3 is 0 Å². The number of benzene rings is 1. The number of fused-ring (bicyclic) bond motifs is 1. The summed E-state index contributed by atoms with van der Waals surface area (Å²) in [6, 6.07) is 5.30. The number of halogens is 1. The van der Waals surface area contributed by atoms with Crippen molar-refractivity contribution in [2.75, 3.05) is 5.32 Å². The number of ketones is 1. The number of carbonyl (C=O) groups is 2. The molecule has 2 aliphatic rings. The van der Waals surface area contributed by atoms with Gasteiger partial charge in [-0.2, -0.15) is 0 Å². The van der Waals surface area contributed by atoms with Crippen LogP contribution in [0.4, 0.5) is 5.69 Å². The first-order valence-electron chi connectivity index (χ1n) is 8.00. The van der Waals surface area contributed by atoms with Gasteiger partial charge in [-0.15, -0.1) is 0 Å². The second-order valence-corrected chi connectivity index (χ2v) is 8.68. The molecule has 23 heavy (non-hydrogen) atoms. The van der Waals surface area contributed by atoms with Gasteiger partial charge < -0.3 is 10.4 Å². The Hall–Kier alpha value is -1.20. The number of carbonyl (C=O) groups excluding carboxylic acids is 2. The van der Waals surface area contributed by atoms with Gasteiger partial charge in [-0.3, -0.25) is 9.59 Å². The number of aliphatic hydroxyl groups is 1. The highest BCUT2D eigenvalue weighted by Gasteiger charge is 2.55. The molecule has 1 saturated carbocycles. The Morgan fingerprint density at radius 2 is 2.00 bits per heavy atom. The highest BCUT2D eigenvalue weighted by Crippen LogP contribution is 2.49. The summed E-state index contributed by atoms with van der Waals surface area (Å²) in [4.78, 5) is 25.1. The van der Waals surface area contributed by atoms with E-state index in [1.54, 1.807) is 12.1 Å². The van der Waals surface area contributed by atoms with Gasteiger partial charge in [0.2, 0.25) is 0 Å². The summed E-state index contributed by atoms with van der Waals surface area (Å²) in [5, 5.41) is 14.0. The molecular weight excluding hydrogens is 358 g/mol. The zero-order valence-electron chi connectivity index (χ0n) is 13.6. The Labute approximate surface area is 144 Å². The average molecular weight is 380 g/mol. The van der Waals surface area contributed by atoms with Crippen LogP contribution in [0.25, 0.3) is 0 Å². The Balaban J connectivity index is 2.04. The van der Waals surface area contributed by atoms with Gasteiger partial charge in [0.15, 0.2) is 5.60 Å². The van der Waals surface area contributed by atoms with Crippen molar-refractivity contribution in [1.29, 1.82) is 0 Å². The normalized spacial score (nSPS) is 31.0. The SMILES string of the molecule is CC(C)(C)C1CCC(=O)C(C2(O)C(=O)Nc3ccc(Br)cc32)C1. The van der Waals surface area contributed by atoms with Crippen molar-refractivity contribution in [2.45, 2.75) is 45.6 Å². The van der Waals surface area contributed by atoms with Crippen LogP contribution in [-0.2, 0) is 15.2 Å². The van der Waals surface area contributed by atoms with E-state index < -0.39 is 17.4 Å². The molecule has 3 atom stereocenters. The van der Waals surface area contributed by atoms with Gasteiger partial charge in [0.1, 0.15) is 5.78 Å². The lowest BCUT2D eigenvalue weighted by molar-refractivity contribution is -0.153. The predicted molar refractivity (Wildman–Crippen MR) is 92.0 cm³/mol. The zero-order valence-corrected chi connectivity index (χ0v) is 15.2. The Kier molecular flexibility index (Phi) is 3.92. The fraction of sp³-hybridized carbons (Fsp3) is 0.556. The number of amides is 1. The highest BCUT2D eigenvalue weighted by molar-refractivity contribution is 9.10. The lowest BCUT2D eigenvalue weighted by Gasteiger charge is -2.41. The third-order valence-corrected chi connectivity index (χ3v) is 5.86. The quantitative estimate of drug-likeness (QED) is 0.782. The van der Waals surface area contributed by atoms with Crippen molar-refractivity contribution in [1.82, 2.24) is 0 Å². The van der Waals surface area contributed by atoms with Crippen molar-refractivity contribution in [3.8, 4) is 0 Å². The van der Waals surface area contributed by atoms with Crippen LogP contribution in [0.2, 0.25) is 0 Å². The van der Waals surface area contributed by atoms with Crippen LogP contribution in [0.15, 0.2) is 22.7 Å². The topological polar surface area (TPSA) is 66.4 Å². The van der Waals surface area contributed by atoms with Gasteiger partial charge in [-0.05, 0) is 42.4 Å². The second kappa shape index (κ2) is 5.42. The maximum absolute atomic E-state index is 12.5. The fourth-order valence-corrected chi connectivity index (χ4v) is 4.20. The van der Waals surface area contributed by atoms with Crippen LogP contribution >= 0.6 is 15.9 Å². The van der Waals surface area contributed by atoms with Crippen molar-refractivity contribution in [2.24, 2.45) is 17.3 Å². The van der Waals surface area contributed by atoms with E-state index in [0.717, 1.165) is 10.9 Å². The van der Waals surface area contributed by atoms with Gasteiger partial charge in [0.05, 0.1) is 5.92 Å². The smallest absolute Gasteiger partial charge is 0.261 e. The summed E-state index contributed by atoms with van der Waals surface area (Å²) in [6.45, 7) is 6.44. The van der Waals surface area contributed by atoms with Gasteiger partial charge in [0.25, 0.3) is 5.91 Å². The van der Waals surface area contributed by atoms with E-state index in [1.165, 1.54) is 0 Å². The highest BCUT2D eigenvalue weighted by atomic mass is 79.9. The molecule has 3 rings (SSSR count). The standard InChI is InChI=1S/C18H22BrNO3/c1-17(2,3)10-4-7-15(21)13(8-10)18(23)12-9-11(19)5-6-14(12)20-16(18)22/h5-6,9-10,13,23H,4,7-8H2,1-3H3,(H,20,22). The molecule has 4 nitrogen and oxygen atoms in total. The number of anilines is 1. The first kappa shape index (κ1) is 16.7. The minimum Gasteiger partial charge on any atom is -0.375 e. The lowest BCUT2D eigenvalue weighted by atomic mass is 9.63. The first-order valence-corrected chi connectivity index (χ1v) is 8.80. The van der Waals surface area contributed by atoms with Gasteiger partial charge in [-0.1, -0.05) is 36.7 Å². The zero-order chi connectivity index (χ0) is 17.0. The second-order valence-electron chi connectivity index (χ2n) is 7.77. The molecule has 0 bridgehead atoms. The van der Waals surface area contributed by atoms with Crippen molar-refractivity contribution >= 4 is 33.3 Å². The van der Waals surface area contributed by atoms with E-state index in [2.05, 4.69) is 42.0 Å². The summed E-state index contributed by atoms with van der Waals surface area (Å²) in [5.74, 6) is -0.885. The molecule has 124 valence electrons. The van der Waals surface area contributed by atoms with Crippen molar-refractivity contribution in [3.05, 3.63) is 28.2 Å². The molecule has 1 heterocycles. The molecule has 1 aliphatic heterocycles. The molecule has 3 unspecified atom stereocenters. The van der Waals surface area contributed by atoms with E-state index in [9.17, 15) is 14.7 Å². The Bertz CT molecular complexity index is 679. The van der Waals surface area contributed by atoms with Crippen LogP contribution in [0, 0.1) is 17.3 Å². The van der Waals surface area contributed by atoms with E-state index in [-0.39, 0.29) is 11.2 Å². The van der Waals surface area contributed by atoms with Crippen LogP contribution in [0.1, 0.15) is 45.6 Å². The van der Waals surface area contributed by atoms with Gasteiger partial charge in [0, 0.05) is 22.1 Å². The Morgan fingerprint density at radius 1 is 1.30 bits per heavy atom. The first-order chi connectivity index (χ1) is 10.6. The summed E-state index contributed by atoms with van der Waals surface area (Å²) in [5.41, 5.74) is -0.624. The minimum absolute atomic E-state index is 0.0176. The minimum atomic E-state index is -1.76. The Morgan fingerprint density at radius 3 is 2.65 bits per heavy atom. The summed E-state index contributed by atoms with van der Waals surface area (Å²) in [6.07, 6.45) is 1.78. The predicted octanol–water partition coefficient (Wildman–Crippen LogP) is 3.62.